The van der Waals surface area contributed by atoms with Crippen LogP contribution in [0.4, 0.5) is 0 Å². The van der Waals surface area contributed by atoms with E-state index in [1.807, 2.05) is 30.5 Å². The van der Waals surface area contributed by atoms with Crippen molar-refractivity contribution in [1.29, 1.82) is 0 Å². The summed E-state index contributed by atoms with van der Waals surface area (Å²) in [6.45, 7) is 1.90. The van der Waals surface area contributed by atoms with Crippen molar-refractivity contribution in [3.63, 3.8) is 0 Å². The highest BCUT2D eigenvalue weighted by Crippen LogP contribution is 2.60. The predicted molar refractivity (Wildman–Crippen MR) is 102 cm³/mol. The number of hydrazone groups is 1. The first-order valence-corrected chi connectivity index (χ1v) is 10.4. The molecule has 0 saturated heterocycles. The molecule has 26 heavy (non-hydrogen) atoms. The van der Waals surface area contributed by atoms with Crippen LogP contribution in [0.15, 0.2) is 28.7 Å². The fourth-order valence-electron chi connectivity index (χ4n) is 5.88. The second-order valence-electron chi connectivity index (χ2n) is 8.48. The molecule has 2 heterocycles. The minimum absolute atomic E-state index is 0.233. The van der Waals surface area contributed by atoms with Gasteiger partial charge in [-0.1, -0.05) is 6.07 Å². The molecule has 4 aliphatic carbocycles. The second kappa shape index (κ2) is 6.05. The number of aromatic amines is 1. The van der Waals surface area contributed by atoms with Crippen LogP contribution in [0.1, 0.15) is 66.5 Å². The number of nitrogens with zero attached hydrogens (tertiary/aromatic N) is 2. The lowest BCUT2D eigenvalue weighted by atomic mass is 9.49. The van der Waals surface area contributed by atoms with Gasteiger partial charge in [-0.3, -0.25) is 9.89 Å². The number of carbonyl (C=O) groups excluding carboxylic acids is 1. The van der Waals surface area contributed by atoms with E-state index in [9.17, 15) is 4.79 Å². The van der Waals surface area contributed by atoms with E-state index in [0.717, 1.165) is 28.3 Å². The van der Waals surface area contributed by atoms with E-state index in [4.69, 9.17) is 0 Å². The van der Waals surface area contributed by atoms with Crippen molar-refractivity contribution in [3.8, 4) is 0 Å². The molecule has 6 heteroatoms. The summed E-state index contributed by atoms with van der Waals surface area (Å²) in [5.41, 5.74) is 5.30. The van der Waals surface area contributed by atoms with E-state index >= 15 is 0 Å². The molecule has 0 spiro atoms. The van der Waals surface area contributed by atoms with Gasteiger partial charge in [-0.05, 0) is 80.7 Å². The van der Waals surface area contributed by atoms with E-state index in [-0.39, 0.29) is 11.3 Å². The number of hydrogen-bond donors (Lipinski definition) is 2. The molecule has 136 valence electrons. The van der Waals surface area contributed by atoms with Gasteiger partial charge in [0.25, 0.3) is 5.91 Å². The minimum atomic E-state index is -0.242. The smallest absolute Gasteiger partial charge is 0.281 e. The number of rotatable bonds is 4. The van der Waals surface area contributed by atoms with Gasteiger partial charge in [0.05, 0.1) is 5.71 Å². The molecule has 4 bridgehead atoms. The Hall–Kier alpha value is -1.95. The molecule has 2 N–H and O–H groups in total. The van der Waals surface area contributed by atoms with Crippen molar-refractivity contribution in [2.75, 3.05) is 0 Å². The highest BCUT2D eigenvalue weighted by molar-refractivity contribution is 7.12. The molecule has 4 aliphatic rings. The Morgan fingerprint density at radius 2 is 1.96 bits per heavy atom. The summed E-state index contributed by atoms with van der Waals surface area (Å²) >= 11 is 1.61. The van der Waals surface area contributed by atoms with Crippen molar-refractivity contribution < 1.29 is 4.79 Å². The molecule has 5 nitrogen and oxygen atoms in total. The first-order valence-electron chi connectivity index (χ1n) is 9.56. The van der Waals surface area contributed by atoms with Crippen LogP contribution in [0.3, 0.4) is 0 Å². The highest BCUT2D eigenvalue weighted by Gasteiger charge is 2.52. The van der Waals surface area contributed by atoms with Crippen LogP contribution in [0.25, 0.3) is 0 Å². The zero-order valence-corrected chi connectivity index (χ0v) is 15.8. The zero-order valence-electron chi connectivity index (χ0n) is 15.0. The summed E-state index contributed by atoms with van der Waals surface area (Å²) in [6.07, 6.45) is 8.03. The maximum absolute atomic E-state index is 12.5. The Bertz CT molecular complexity index is 816. The Balaban J connectivity index is 1.32. The molecule has 4 fully saturated rings. The summed E-state index contributed by atoms with van der Waals surface area (Å²) in [6, 6.07) is 5.94. The number of carbonyl (C=O) groups is 1. The average molecular weight is 369 g/mol. The van der Waals surface area contributed by atoms with Crippen LogP contribution in [-0.2, 0) is 5.41 Å². The first-order chi connectivity index (χ1) is 12.6. The number of thiophene rings is 1. The standard InChI is InChI=1S/C20H24N4OS/c1-12(17-3-2-4-26-17)21-24-19(25)16-8-18(23-22-16)20-9-13-5-14(10-20)7-15(6-13)11-20/h2-4,8,13-15H,5-7,9-11H2,1H3,(H,22,23)(H,24,25). The van der Waals surface area contributed by atoms with Gasteiger partial charge in [0, 0.05) is 16.0 Å². The van der Waals surface area contributed by atoms with Crippen molar-refractivity contribution in [2.45, 2.75) is 50.9 Å². The third-order valence-corrected chi connectivity index (χ3v) is 7.60. The maximum atomic E-state index is 12.5. The SMILES string of the molecule is CC(=NNC(=O)c1cc(C23CC4CC(CC(C4)C2)C3)[nH]n1)c1cccs1. The van der Waals surface area contributed by atoms with Crippen molar-refractivity contribution in [3.05, 3.63) is 39.8 Å². The summed E-state index contributed by atoms with van der Waals surface area (Å²) in [5, 5.41) is 13.7. The van der Waals surface area contributed by atoms with Gasteiger partial charge in [0.15, 0.2) is 5.69 Å². The molecule has 1 amide bonds. The van der Waals surface area contributed by atoms with Gasteiger partial charge >= 0.3 is 0 Å². The molecule has 0 atom stereocenters. The molecular formula is C20H24N4OS. The molecule has 6 rings (SSSR count). The van der Waals surface area contributed by atoms with Crippen LogP contribution in [0.5, 0.6) is 0 Å². The fourth-order valence-corrected chi connectivity index (χ4v) is 6.56. The van der Waals surface area contributed by atoms with Gasteiger partial charge in [0.1, 0.15) is 0 Å². The Morgan fingerprint density at radius 3 is 2.58 bits per heavy atom. The summed E-state index contributed by atoms with van der Waals surface area (Å²) in [5.74, 6) is 2.38. The van der Waals surface area contributed by atoms with Gasteiger partial charge < -0.3 is 0 Å². The normalized spacial score (nSPS) is 32.8. The topological polar surface area (TPSA) is 70.1 Å². The van der Waals surface area contributed by atoms with Crippen molar-refractivity contribution >= 4 is 23.0 Å². The summed E-state index contributed by atoms with van der Waals surface area (Å²) in [4.78, 5) is 13.5. The molecular weight excluding hydrogens is 344 g/mol. The van der Waals surface area contributed by atoms with Gasteiger partial charge in [0.2, 0.25) is 0 Å². The lowest BCUT2D eigenvalue weighted by Crippen LogP contribution is -2.48. The van der Waals surface area contributed by atoms with Gasteiger partial charge in [-0.25, -0.2) is 5.43 Å². The van der Waals surface area contributed by atoms with Crippen molar-refractivity contribution in [1.82, 2.24) is 15.6 Å². The number of aromatic nitrogens is 2. The lowest BCUT2D eigenvalue weighted by molar-refractivity contribution is -0.00721. The van der Waals surface area contributed by atoms with E-state index in [2.05, 4.69) is 20.7 Å². The molecule has 0 aromatic carbocycles. The van der Waals surface area contributed by atoms with Crippen LogP contribution >= 0.6 is 11.3 Å². The Kier molecular flexibility index (Phi) is 3.78. The monoisotopic (exact) mass is 368 g/mol. The van der Waals surface area contributed by atoms with E-state index < -0.39 is 0 Å². The lowest BCUT2D eigenvalue weighted by Gasteiger charge is -2.56. The van der Waals surface area contributed by atoms with E-state index in [0.29, 0.717) is 5.69 Å². The number of nitrogens with one attached hydrogen (secondary N) is 2. The quantitative estimate of drug-likeness (QED) is 0.630. The van der Waals surface area contributed by atoms with E-state index in [1.165, 1.54) is 44.2 Å². The highest BCUT2D eigenvalue weighted by atomic mass is 32.1. The van der Waals surface area contributed by atoms with E-state index in [1.54, 1.807) is 11.3 Å². The summed E-state index contributed by atoms with van der Waals surface area (Å²) in [7, 11) is 0. The predicted octanol–water partition coefficient (Wildman–Crippen LogP) is 4.09. The third-order valence-electron chi connectivity index (χ3n) is 6.62. The molecule has 0 radical (unpaired) electrons. The Morgan fingerprint density at radius 1 is 1.27 bits per heavy atom. The fraction of sp³-hybridized carbons (Fsp3) is 0.550. The number of hydrogen-bond acceptors (Lipinski definition) is 4. The average Bonchev–Trinajstić information content (AvgIpc) is 3.30. The summed E-state index contributed by atoms with van der Waals surface area (Å²) < 4.78 is 0. The maximum Gasteiger partial charge on any atom is 0.291 e. The number of amides is 1. The van der Waals surface area contributed by atoms with Crippen LogP contribution < -0.4 is 5.43 Å². The van der Waals surface area contributed by atoms with Crippen LogP contribution in [0.2, 0.25) is 0 Å². The van der Waals surface area contributed by atoms with Crippen LogP contribution in [0, 0.1) is 17.8 Å². The molecule has 4 saturated carbocycles. The van der Waals surface area contributed by atoms with Crippen LogP contribution in [-0.4, -0.2) is 21.8 Å². The Labute approximate surface area is 157 Å². The molecule has 0 unspecified atom stereocenters. The third kappa shape index (κ3) is 2.71. The largest absolute Gasteiger partial charge is 0.291 e. The minimum Gasteiger partial charge on any atom is -0.281 e. The van der Waals surface area contributed by atoms with Gasteiger partial charge in [-0.15, -0.1) is 11.3 Å². The van der Waals surface area contributed by atoms with Crippen molar-refractivity contribution in [2.24, 2.45) is 22.9 Å². The molecule has 2 aromatic heterocycles. The molecule has 2 aromatic rings. The van der Waals surface area contributed by atoms with Gasteiger partial charge in [-0.2, -0.15) is 10.2 Å². The first kappa shape index (κ1) is 16.2. The molecule has 0 aliphatic heterocycles. The second-order valence-corrected chi connectivity index (χ2v) is 9.43. The number of H-pyrrole nitrogens is 1. The zero-order chi connectivity index (χ0) is 17.7.